The van der Waals surface area contributed by atoms with Crippen molar-refractivity contribution in [3.63, 3.8) is 0 Å². The number of rotatable bonds is 6. The fourth-order valence-corrected chi connectivity index (χ4v) is 1.74. The third-order valence-corrected chi connectivity index (χ3v) is 2.74. The quantitative estimate of drug-likeness (QED) is 0.816. The lowest BCUT2D eigenvalue weighted by Crippen LogP contribution is -2.27. The van der Waals surface area contributed by atoms with Gasteiger partial charge in [0.25, 0.3) is 0 Å². The summed E-state index contributed by atoms with van der Waals surface area (Å²) < 4.78 is 20.0. The van der Waals surface area contributed by atoms with Crippen molar-refractivity contribution in [2.24, 2.45) is 0 Å². The summed E-state index contributed by atoms with van der Waals surface area (Å²) in [7, 11) is 1.96. The molecule has 0 spiro atoms. The molecule has 0 aliphatic carbocycles. The van der Waals surface area contributed by atoms with Gasteiger partial charge in [-0.3, -0.25) is 9.58 Å². The Bertz CT molecular complexity index is 515. The second-order valence-electron chi connectivity index (χ2n) is 4.22. The average Bonchev–Trinajstić information content (AvgIpc) is 2.77. The van der Waals surface area contributed by atoms with Gasteiger partial charge in [0.05, 0.1) is 17.9 Å². The van der Waals surface area contributed by atoms with Gasteiger partial charge in [-0.1, -0.05) is 11.6 Å². The van der Waals surface area contributed by atoms with Gasteiger partial charge in [-0.25, -0.2) is 4.39 Å². The number of halogens is 2. The number of nitrogens with zero attached hydrogens (tertiary/aromatic N) is 3. The van der Waals surface area contributed by atoms with E-state index in [4.69, 9.17) is 16.3 Å². The maximum atomic E-state index is 12.7. The highest BCUT2D eigenvalue weighted by Gasteiger charge is 2.02. The van der Waals surface area contributed by atoms with Gasteiger partial charge < -0.3 is 4.74 Å². The van der Waals surface area contributed by atoms with Crippen molar-refractivity contribution in [3.8, 4) is 5.75 Å². The van der Waals surface area contributed by atoms with Crippen molar-refractivity contribution in [3.05, 3.63) is 47.5 Å². The number of ether oxygens (including phenoxy) is 1. The Morgan fingerprint density at radius 1 is 1.37 bits per heavy atom. The van der Waals surface area contributed by atoms with Gasteiger partial charge >= 0.3 is 0 Å². The van der Waals surface area contributed by atoms with Crippen LogP contribution in [0.5, 0.6) is 5.75 Å². The summed E-state index contributed by atoms with van der Waals surface area (Å²) in [5.74, 6) is 0.400. The Morgan fingerprint density at radius 2 is 2.11 bits per heavy atom. The number of benzene rings is 1. The van der Waals surface area contributed by atoms with E-state index < -0.39 is 0 Å². The monoisotopic (exact) mass is 283 g/mol. The van der Waals surface area contributed by atoms with Crippen molar-refractivity contribution < 1.29 is 9.13 Å². The highest BCUT2D eigenvalue weighted by atomic mass is 35.5. The van der Waals surface area contributed by atoms with E-state index in [9.17, 15) is 4.39 Å². The van der Waals surface area contributed by atoms with Crippen LogP contribution in [0.3, 0.4) is 0 Å². The van der Waals surface area contributed by atoms with Crippen LogP contribution >= 0.6 is 11.6 Å². The fraction of sp³-hybridized carbons (Fsp3) is 0.308. The van der Waals surface area contributed by atoms with Crippen LogP contribution in [0, 0.1) is 5.82 Å². The van der Waals surface area contributed by atoms with Crippen LogP contribution in [0.1, 0.15) is 0 Å². The Kier molecular flexibility index (Phi) is 4.76. The molecule has 0 saturated carbocycles. The zero-order valence-corrected chi connectivity index (χ0v) is 11.3. The molecule has 2 rings (SSSR count). The zero-order valence-electron chi connectivity index (χ0n) is 10.6. The molecule has 0 fully saturated rings. The van der Waals surface area contributed by atoms with Crippen molar-refractivity contribution in [1.29, 1.82) is 0 Å². The molecule has 0 aliphatic heterocycles. The summed E-state index contributed by atoms with van der Waals surface area (Å²) in [4.78, 5) is 2.05. The van der Waals surface area contributed by atoms with E-state index in [0.717, 1.165) is 6.54 Å². The Morgan fingerprint density at radius 3 is 2.74 bits per heavy atom. The molecule has 0 aliphatic rings. The van der Waals surface area contributed by atoms with Gasteiger partial charge in [-0.05, 0) is 31.3 Å². The highest BCUT2D eigenvalue weighted by Crippen LogP contribution is 2.11. The third kappa shape index (κ3) is 4.54. The first-order valence-corrected chi connectivity index (χ1v) is 6.26. The van der Waals surface area contributed by atoms with E-state index in [-0.39, 0.29) is 5.82 Å². The molecule has 102 valence electrons. The highest BCUT2D eigenvalue weighted by molar-refractivity contribution is 6.30. The Labute approximate surface area is 116 Å². The van der Waals surface area contributed by atoms with Crippen LogP contribution in [0.25, 0.3) is 0 Å². The lowest BCUT2D eigenvalue weighted by molar-refractivity contribution is 0.199. The van der Waals surface area contributed by atoms with Crippen molar-refractivity contribution in [2.45, 2.75) is 6.67 Å². The predicted molar refractivity (Wildman–Crippen MR) is 71.8 cm³/mol. The second kappa shape index (κ2) is 6.54. The molecule has 4 nitrogen and oxygen atoms in total. The average molecular weight is 284 g/mol. The van der Waals surface area contributed by atoms with E-state index in [0.29, 0.717) is 24.0 Å². The maximum absolute atomic E-state index is 12.7. The minimum atomic E-state index is -0.264. The molecule has 0 saturated heterocycles. The number of likely N-dealkylation sites (N-methyl/N-ethyl adjacent to an activating group) is 1. The molecule has 1 heterocycles. The minimum absolute atomic E-state index is 0.264. The van der Waals surface area contributed by atoms with E-state index >= 15 is 0 Å². The van der Waals surface area contributed by atoms with Crippen LogP contribution < -0.4 is 4.74 Å². The zero-order chi connectivity index (χ0) is 13.7. The summed E-state index contributed by atoms with van der Waals surface area (Å²) in [5, 5.41) is 4.71. The Hall–Kier alpha value is -1.59. The molecule has 0 atom stereocenters. The summed E-state index contributed by atoms with van der Waals surface area (Å²) in [6.07, 6.45) is 3.36. The topological polar surface area (TPSA) is 30.3 Å². The molecule has 0 amide bonds. The molecule has 19 heavy (non-hydrogen) atoms. The number of aromatic nitrogens is 2. The standard InChI is InChI=1S/C13H15ClFN3O/c1-17(10-18-9-11(14)8-16-18)6-7-19-13-4-2-12(15)3-5-13/h2-5,8-9H,6-7,10H2,1H3. The smallest absolute Gasteiger partial charge is 0.123 e. The Balaban J connectivity index is 1.71. The summed E-state index contributed by atoms with van der Waals surface area (Å²) in [5.41, 5.74) is 0. The first-order chi connectivity index (χ1) is 9.13. The molecule has 1 aromatic carbocycles. The molecule has 0 N–H and O–H groups in total. The molecular formula is C13H15ClFN3O. The van der Waals surface area contributed by atoms with E-state index in [1.165, 1.54) is 12.1 Å². The summed E-state index contributed by atoms with van der Waals surface area (Å²) in [6.45, 7) is 1.89. The summed E-state index contributed by atoms with van der Waals surface area (Å²) in [6, 6.07) is 5.99. The largest absolute Gasteiger partial charge is 0.492 e. The predicted octanol–water partition coefficient (Wildman–Crippen LogP) is 2.64. The van der Waals surface area contributed by atoms with Gasteiger partial charge in [0.2, 0.25) is 0 Å². The fourth-order valence-electron chi connectivity index (χ4n) is 1.58. The normalized spacial score (nSPS) is 10.9. The number of hydrogen-bond donors (Lipinski definition) is 0. The first-order valence-electron chi connectivity index (χ1n) is 5.88. The van der Waals surface area contributed by atoms with Gasteiger partial charge in [0.1, 0.15) is 18.2 Å². The van der Waals surface area contributed by atoms with Gasteiger partial charge in [0.15, 0.2) is 0 Å². The van der Waals surface area contributed by atoms with Crippen LogP contribution in [-0.4, -0.2) is 34.9 Å². The third-order valence-electron chi connectivity index (χ3n) is 2.54. The van der Waals surface area contributed by atoms with Crippen molar-refractivity contribution in [1.82, 2.24) is 14.7 Å². The lowest BCUT2D eigenvalue weighted by atomic mass is 10.3. The van der Waals surface area contributed by atoms with Crippen molar-refractivity contribution >= 4 is 11.6 Å². The van der Waals surface area contributed by atoms with E-state index in [1.807, 2.05) is 11.9 Å². The molecule has 0 unspecified atom stereocenters. The SMILES string of the molecule is CN(CCOc1ccc(F)cc1)Cn1cc(Cl)cn1. The van der Waals surface area contributed by atoms with E-state index in [2.05, 4.69) is 5.10 Å². The van der Waals surface area contributed by atoms with Gasteiger partial charge in [0, 0.05) is 12.7 Å². The molecular weight excluding hydrogens is 269 g/mol. The summed E-state index contributed by atoms with van der Waals surface area (Å²) >= 11 is 5.78. The van der Waals surface area contributed by atoms with Gasteiger partial charge in [-0.15, -0.1) is 0 Å². The molecule has 0 radical (unpaired) electrons. The van der Waals surface area contributed by atoms with Crippen molar-refractivity contribution in [2.75, 3.05) is 20.2 Å². The van der Waals surface area contributed by atoms with Gasteiger partial charge in [-0.2, -0.15) is 5.10 Å². The minimum Gasteiger partial charge on any atom is -0.492 e. The van der Waals surface area contributed by atoms with Crippen LogP contribution in [-0.2, 0) is 6.67 Å². The lowest BCUT2D eigenvalue weighted by Gasteiger charge is -2.16. The molecule has 6 heteroatoms. The molecule has 0 bridgehead atoms. The van der Waals surface area contributed by atoms with Crippen LogP contribution in [0.4, 0.5) is 4.39 Å². The van der Waals surface area contributed by atoms with Crippen LogP contribution in [0.15, 0.2) is 36.7 Å². The molecule has 1 aromatic heterocycles. The second-order valence-corrected chi connectivity index (χ2v) is 4.66. The van der Waals surface area contributed by atoms with Crippen LogP contribution in [0.2, 0.25) is 5.02 Å². The molecule has 2 aromatic rings. The first kappa shape index (κ1) is 13.8. The number of hydrogen-bond acceptors (Lipinski definition) is 3. The van der Waals surface area contributed by atoms with E-state index in [1.54, 1.807) is 29.2 Å². The maximum Gasteiger partial charge on any atom is 0.123 e.